The van der Waals surface area contributed by atoms with E-state index in [1.54, 1.807) is 16.9 Å². The molecule has 0 unspecified atom stereocenters. The molecule has 0 radical (unpaired) electrons. The Morgan fingerprint density at radius 3 is 2.77 bits per heavy atom. The highest BCUT2D eigenvalue weighted by Gasteiger charge is 2.13. The van der Waals surface area contributed by atoms with Crippen LogP contribution in [0, 0.1) is 0 Å². The Kier molecular flexibility index (Phi) is 4.31. The molecule has 22 heavy (non-hydrogen) atoms. The summed E-state index contributed by atoms with van der Waals surface area (Å²) in [5.41, 5.74) is 1.68. The van der Waals surface area contributed by atoms with Gasteiger partial charge in [0.25, 0.3) is 0 Å². The van der Waals surface area contributed by atoms with Crippen molar-refractivity contribution in [3.8, 4) is 0 Å². The minimum atomic E-state index is -0.209. The molecule has 0 atom stereocenters. The quantitative estimate of drug-likeness (QED) is 0.654. The molecule has 0 N–H and O–H groups in total. The van der Waals surface area contributed by atoms with Gasteiger partial charge in [-0.2, -0.15) is 5.10 Å². The Hall–Kier alpha value is -2.05. The average molecular weight is 378 g/mol. The molecule has 0 amide bonds. The molecule has 0 bridgehead atoms. The number of hydrogen-bond donors (Lipinski definition) is 0. The van der Waals surface area contributed by atoms with Gasteiger partial charge in [-0.1, -0.05) is 27.5 Å². The molecule has 0 saturated heterocycles. The lowest BCUT2D eigenvalue weighted by Crippen LogP contribution is -2.06. The third kappa shape index (κ3) is 3.23. The first-order chi connectivity index (χ1) is 10.6. The fourth-order valence-corrected chi connectivity index (χ4v) is 2.56. The van der Waals surface area contributed by atoms with E-state index in [2.05, 4.69) is 31.0 Å². The van der Waals surface area contributed by atoms with Crippen LogP contribution in [0.2, 0.25) is 5.02 Å². The SMILES string of the molecule is O=C(c1cncnc1)c1ccn(Cc2cc(Br)ccc2Cl)n1. The van der Waals surface area contributed by atoms with Gasteiger partial charge in [-0.25, -0.2) is 9.97 Å². The summed E-state index contributed by atoms with van der Waals surface area (Å²) in [4.78, 5) is 19.9. The van der Waals surface area contributed by atoms with Gasteiger partial charge in [0.2, 0.25) is 5.78 Å². The first kappa shape index (κ1) is 14.9. The third-order valence-corrected chi connectivity index (χ3v) is 3.90. The Bertz CT molecular complexity index is 819. The molecular weight excluding hydrogens is 368 g/mol. The lowest BCUT2D eigenvalue weighted by Gasteiger charge is -2.05. The molecule has 0 aliphatic rings. The van der Waals surface area contributed by atoms with Crippen LogP contribution in [0.25, 0.3) is 0 Å². The van der Waals surface area contributed by atoms with E-state index in [4.69, 9.17) is 11.6 Å². The maximum Gasteiger partial charge on any atom is 0.216 e. The van der Waals surface area contributed by atoms with Crippen molar-refractivity contribution < 1.29 is 4.79 Å². The number of rotatable bonds is 4. The van der Waals surface area contributed by atoms with Crippen LogP contribution < -0.4 is 0 Å². The Labute approximate surface area is 140 Å². The molecule has 0 aliphatic heterocycles. The van der Waals surface area contributed by atoms with Crippen LogP contribution in [0.4, 0.5) is 0 Å². The first-order valence-corrected chi connectivity index (χ1v) is 7.57. The minimum Gasteiger partial charge on any atom is -0.287 e. The third-order valence-electron chi connectivity index (χ3n) is 3.04. The summed E-state index contributed by atoms with van der Waals surface area (Å²) in [7, 11) is 0. The van der Waals surface area contributed by atoms with E-state index in [-0.39, 0.29) is 5.78 Å². The molecule has 5 nitrogen and oxygen atoms in total. The van der Waals surface area contributed by atoms with Crippen molar-refractivity contribution in [2.24, 2.45) is 0 Å². The van der Waals surface area contributed by atoms with Crippen molar-refractivity contribution >= 4 is 33.3 Å². The smallest absolute Gasteiger partial charge is 0.216 e. The fourth-order valence-electron chi connectivity index (χ4n) is 1.97. The zero-order chi connectivity index (χ0) is 15.5. The molecule has 2 heterocycles. The van der Waals surface area contributed by atoms with Gasteiger partial charge < -0.3 is 0 Å². The molecule has 0 fully saturated rings. The van der Waals surface area contributed by atoms with Crippen LogP contribution in [0.5, 0.6) is 0 Å². The molecule has 1 aromatic carbocycles. The summed E-state index contributed by atoms with van der Waals surface area (Å²) in [5, 5.41) is 4.95. The highest BCUT2D eigenvalue weighted by Crippen LogP contribution is 2.21. The number of nitrogens with zero attached hydrogens (tertiary/aromatic N) is 4. The van der Waals surface area contributed by atoms with Crippen LogP contribution in [-0.2, 0) is 6.54 Å². The predicted octanol–water partition coefficient (Wildman–Crippen LogP) is 3.37. The van der Waals surface area contributed by atoms with E-state index in [0.29, 0.717) is 22.8 Å². The minimum absolute atomic E-state index is 0.209. The Morgan fingerprint density at radius 1 is 1.23 bits per heavy atom. The normalized spacial score (nSPS) is 10.6. The van der Waals surface area contributed by atoms with Crippen LogP contribution in [0.3, 0.4) is 0 Å². The maximum absolute atomic E-state index is 12.2. The first-order valence-electron chi connectivity index (χ1n) is 6.40. The van der Waals surface area contributed by atoms with Crippen LogP contribution in [0.1, 0.15) is 21.6 Å². The second-order valence-electron chi connectivity index (χ2n) is 4.59. The highest BCUT2D eigenvalue weighted by molar-refractivity contribution is 9.10. The lowest BCUT2D eigenvalue weighted by molar-refractivity contribution is 0.103. The molecule has 0 saturated carbocycles. The molecule has 7 heteroatoms. The molecule has 110 valence electrons. The Morgan fingerprint density at radius 2 is 2.00 bits per heavy atom. The Balaban J connectivity index is 1.82. The number of halogens is 2. The lowest BCUT2D eigenvalue weighted by atomic mass is 10.2. The number of hydrogen-bond acceptors (Lipinski definition) is 4. The second kappa shape index (κ2) is 6.37. The molecule has 0 aliphatic carbocycles. The standard InChI is InChI=1S/C15H10BrClN4O/c16-12-1-2-13(17)10(5-12)8-21-4-3-14(20-21)15(22)11-6-18-9-19-7-11/h1-7,9H,8H2. The number of ketones is 1. The molecular formula is C15H10BrClN4O. The monoisotopic (exact) mass is 376 g/mol. The van der Waals surface area contributed by atoms with Crippen molar-refractivity contribution in [3.05, 3.63) is 75.5 Å². The highest BCUT2D eigenvalue weighted by atomic mass is 79.9. The van der Waals surface area contributed by atoms with E-state index in [1.807, 2.05) is 18.2 Å². The number of carbonyl (C=O) groups excluding carboxylic acids is 1. The van der Waals surface area contributed by atoms with E-state index in [9.17, 15) is 4.79 Å². The van der Waals surface area contributed by atoms with Gasteiger partial charge in [-0.05, 0) is 29.8 Å². The molecule has 0 spiro atoms. The van der Waals surface area contributed by atoms with Gasteiger partial charge in [0.05, 0.1) is 12.1 Å². The second-order valence-corrected chi connectivity index (χ2v) is 5.91. The fraction of sp³-hybridized carbons (Fsp3) is 0.0667. The maximum atomic E-state index is 12.2. The van der Waals surface area contributed by atoms with Crippen molar-refractivity contribution in [2.75, 3.05) is 0 Å². The van der Waals surface area contributed by atoms with Crippen molar-refractivity contribution in [1.29, 1.82) is 0 Å². The summed E-state index contributed by atoms with van der Waals surface area (Å²) >= 11 is 9.58. The van der Waals surface area contributed by atoms with Crippen molar-refractivity contribution in [3.63, 3.8) is 0 Å². The van der Waals surface area contributed by atoms with E-state index >= 15 is 0 Å². The van der Waals surface area contributed by atoms with Gasteiger partial charge in [0.1, 0.15) is 12.0 Å². The van der Waals surface area contributed by atoms with Crippen LogP contribution >= 0.6 is 27.5 Å². The summed E-state index contributed by atoms with van der Waals surface area (Å²) < 4.78 is 2.61. The number of aromatic nitrogens is 4. The summed E-state index contributed by atoms with van der Waals surface area (Å²) in [6.07, 6.45) is 6.07. The zero-order valence-corrected chi connectivity index (χ0v) is 13.6. The molecule has 3 aromatic rings. The van der Waals surface area contributed by atoms with Gasteiger partial charge in [-0.3, -0.25) is 9.48 Å². The largest absolute Gasteiger partial charge is 0.287 e. The molecule has 2 aromatic heterocycles. The van der Waals surface area contributed by atoms with Gasteiger partial charge in [0, 0.05) is 28.1 Å². The summed E-state index contributed by atoms with van der Waals surface area (Å²) in [6.45, 7) is 0.483. The topological polar surface area (TPSA) is 60.7 Å². The van der Waals surface area contributed by atoms with Crippen LogP contribution in [-0.4, -0.2) is 25.5 Å². The van der Waals surface area contributed by atoms with E-state index in [0.717, 1.165) is 10.0 Å². The van der Waals surface area contributed by atoms with Crippen molar-refractivity contribution in [1.82, 2.24) is 19.7 Å². The zero-order valence-electron chi connectivity index (χ0n) is 11.3. The number of benzene rings is 1. The van der Waals surface area contributed by atoms with E-state index in [1.165, 1.54) is 18.7 Å². The van der Waals surface area contributed by atoms with Crippen LogP contribution in [0.15, 0.2) is 53.7 Å². The summed E-state index contributed by atoms with van der Waals surface area (Å²) in [5.74, 6) is -0.209. The summed E-state index contributed by atoms with van der Waals surface area (Å²) in [6, 6.07) is 7.29. The average Bonchev–Trinajstić information content (AvgIpc) is 2.99. The van der Waals surface area contributed by atoms with Gasteiger partial charge in [-0.15, -0.1) is 0 Å². The number of carbonyl (C=O) groups is 1. The van der Waals surface area contributed by atoms with E-state index < -0.39 is 0 Å². The molecule has 3 rings (SSSR count). The van der Waals surface area contributed by atoms with Gasteiger partial charge >= 0.3 is 0 Å². The van der Waals surface area contributed by atoms with Gasteiger partial charge in [0.15, 0.2) is 0 Å². The predicted molar refractivity (Wildman–Crippen MR) is 85.9 cm³/mol. The van der Waals surface area contributed by atoms with Crippen molar-refractivity contribution in [2.45, 2.75) is 6.54 Å².